The van der Waals surface area contributed by atoms with Crippen molar-refractivity contribution in [3.63, 3.8) is 0 Å². The molecule has 7 nitrogen and oxygen atoms in total. The van der Waals surface area contributed by atoms with Crippen molar-refractivity contribution in [3.8, 4) is 0 Å². The van der Waals surface area contributed by atoms with Crippen LogP contribution < -0.4 is 10.6 Å². The number of benzene rings is 1. The molecule has 2 atom stereocenters. The molecule has 34 heavy (non-hydrogen) atoms. The number of halogens is 2. The number of rotatable bonds is 9. The van der Waals surface area contributed by atoms with Gasteiger partial charge in [-0.1, -0.05) is 34.1 Å². The van der Waals surface area contributed by atoms with Gasteiger partial charge in [-0.2, -0.15) is 0 Å². The highest BCUT2D eigenvalue weighted by molar-refractivity contribution is 5.96. The largest absolute Gasteiger partial charge is 0.344 e. The maximum atomic E-state index is 13.4. The average molecular weight is 476 g/mol. The van der Waals surface area contributed by atoms with Gasteiger partial charge in [-0.3, -0.25) is 9.59 Å². The molecule has 0 radical (unpaired) electrons. The van der Waals surface area contributed by atoms with E-state index >= 15 is 0 Å². The Labute approximate surface area is 199 Å². The van der Waals surface area contributed by atoms with Crippen LogP contribution in [0.2, 0.25) is 0 Å². The molecule has 0 aliphatic carbocycles. The van der Waals surface area contributed by atoms with Gasteiger partial charge in [0.15, 0.2) is 5.82 Å². The molecule has 1 fully saturated rings. The van der Waals surface area contributed by atoms with E-state index in [0.717, 1.165) is 44.3 Å². The molecule has 1 aliphatic rings. The Hall–Kier alpha value is -2.81. The molecule has 2 amide bonds. The van der Waals surface area contributed by atoms with E-state index in [9.17, 15) is 18.4 Å². The van der Waals surface area contributed by atoms with Gasteiger partial charge in [0.1, 0.15) is 17.7 Å². The molecule has 0 bridgehead atoms. The van der Waals surface area contributed by atoms with Crippen LogP contribution in [-0.2, 0) is 16.0 Å². The van der Waals surface area contributed by atoms with Gasteiger partial charge in [0, 0.05) is 37.9 Å². The molecule has 2 aromatic rings. The van der Waals surface area contributed by atoms with Crippen molar-refractivity contribution >= 4 is 17.6 Å². The van der Waals surface area contributed by atoms with Crippen LogP contribution >= 0.6 is 0 Å². The molecule has 186 valence electrons. The zero-order valence-electron chi connectivity index (χ0n) is 20.4. The number of aromatic nitrogens is 2. The molecule has 1 aromatic heterocycles. The van der Waals surface area contributed by atoms with Gasteiger partial charge in [-0.15, -0.1) is 0 Å². The Bertz CT molecular complexity index is 981. The van der Waals surface area contributed by atoms with E-state index in [0.29, 0.717) is 24.7 Å². The summed E-state index contributed by atoms with van der Waals surface area (Å²) < 4.78 is 28.8. The van der Waals surface area contributed by atoms with Crippen LogP contribution in [0, 0.1) is 17.0 Å². The molecule has 2 heterocycles. The number of hydrogen-bond donors (Lipinski definition) is 2. The topological polar surface area (TPSA) is 79.3 Å². The van der Waals surface area contributed by atoms with Crippen molar-refractivity contribution in [1.82, 2.24) is 19.8 Å². The predicted octanol–water partition coefficient (Wildman–Crippen LogP) is 3.92. The van der Waals surface area contributed by atoms with Crippen molar-refractivity contribution < 1.29 is 18.4 Å². The molecule has 9 heteroatoms. The summed E-state index contributed by atoms with van der Waals surface area (Å²) in [6, 6.07) is 2.50. The molecular formula is C25H35F2N5O2. The molecule has 1 aliphatic heterocycles. The van der Waals surface area contributed by atoms with E-state index in [4.69, 9.17) is 0 Å². The Kier molecular flexibility index (Phi) is 8.41. The summed E-state index contributed by atoms with van der Waals surface area (Å²) in [7, 11) is 0. The monoisotopic (exact) mass is 475 g/mol. The minimum atomic E-state index is -0.769. The van der Waals surface area contributed by atoms with Crippen LogP contribution in [0.3, 0.4) is 0 Å². The van der Waals surface area contributed by atoms with Crippen LogP contribution in [0.5, 0.6) is 0 Å². The third kappa shape index (κ3) is 7.62. The van der Waals surface area contributed by atoms with Crippen LogP contribution in [0.25, 0.3) is 0 Å². The number of imidazole rings is 1. The lowest BCUT2D eigenvalue weighted by atomic mass is 9.96. The first-order valence-electron chi connectivity index (χ1n) is 11.8. The van der Waals surface area contributed by atoms with Crippen molar-refractivity contribution in [2.75, 3.05) is 25.0 Å². The number of nitrogens with zero attached hydrogens (tertiary/aromatic N) is 3. The van der Waals surface area contributed by atoms with Gasteiger partial charge in [0.25, 0.3) is 0 Å². The van der Waals surface area contributed by atoms with Crippen LogP contribution in [0.15, 0.2) is 30.7 Å². The lowest BCUT2D eigenvalue weighted by Crippen LogP contribution is -2.44. The highest BCUT2D eigenvalue weighted by Crippen LogP contribution is 2.26. The maximum Gasteiger partial charge on any atom is 0.248 e. The van der Waals surface area contributed by atoms with E-state index in [2.05, 4.69) is 41.3 Å². The third-order valence-electron chi connectivity index (χ3n) is 5.74. The van der Waals surface area contributed by atoms with E-state index in [1.165, 1.54) is 0 Å². The number of amides is 2. The Morgan fingerprint density at radius 2 is 1.91 bits per heavy atom. The molecule has 1 aromatic carbocycles. The summed E-state index contributed by atoms with van der Waals surface area (Å²) in [6.07, 6.45) is 5.46. The fourth-order valence-corrected chi connectivity index (χ4v) is 4.39. The van der Waals surface area contributed by atoms with Crippen molar-refractivity contribution in [2.45, 2.75) is 65.5 Å². The fraction of sp³-hybridized carbons (Fsp3) is 0.560. The second-order valence-corrected chi connectivity index (χ2v) is 10.3. The van der Waals surface area contributed by atoms with Crippen molar-refractivity contribution in [3.05, 3.63) is 47.9 Å². The Morgan fingerprint density at radius 3 is 2.56 bits per heavy atom. The van der Waals surface area contributed by atoms with Crippen molar-refractivity contribution in [2.24, 2.45) is 5.41 Å². The first-order chi connectivity index (χ1) is 16.0. The van der Waals surface area contributed by atoms with E-state index in [1.807, 2.05) is 17.7 Å². The Morgan fingerprint density at radius 1 is 1.21 bits per heavy atom. The summed E-state index contributed by atoms with van der Waals surface area (Å²) in [5.74, 6) is -1.91. The zero-order valence-corrected chi connectivity index (χ0v) is 20.4. The van der Waals surface area contributed by atoms with Crippen LogP contribution in [0.4, 0.5) is 14.6 Å². The van der Waals surface area contributed by atoms with Gasteiger partial charge < -0.3 is 20.1 Å². The molecule has 3 rings (SSSR count). The number of nitrogens with one attached hydrogen (secondary N) is 2. The second kappa shape index (κ2) is 11.1. The molecular weight excluding hydrogens is 440 g/mol. The lowest BCUT2D eigenvalue weighted by molar-refractivity contribution is -0.126. The molecule has 0 spiro atoms. The van der Waals surface area contributed by atoms with E-state index in [1.54, 1.807) is 6.33 Å². The van der Waals surface area contributed by atoms with Crippen molar-refractivity contribution in [1.29, 1.82) is 0 Å². The number of anilines is 1. The molecule has 2 N–H and O–H groups in total. The summed E-state index contributed by atoms with van der Waals surface area (Å²) in [6.45, 7) is 11.6. The Balaban J connectivity index is 1.56. The molecule has 0 saturated carbocycles. The summed E-state index contributed by atoms with van der Waals surface area (Å²) >= 11 is 0. The van der Waals surface area contributed by atoms with Crippen LogP contribution in [0.1, 0.15) is 58.6 Å². The lowest BCUT2D eigenvalue weighted by Gasteiger charge is -2.26. The van der Waals surface area contributed by atoms with Gasteiger partial charge in [0.2, 0.25) is 11.8 Å². The van der Waals surface area contributed by atoms with Gasteiger partial charge in [0.05, 0.1) is 12.7 Å². The quantitative estimate of drug-likeness (QED) is 0.576. The van der Waals surface area contributed by atoms with Gasteiger partial charge >= 0.3 is 0 Å². The minimum Gasteiger partial charge on any atom is -0.344 e. The summed E-state index contributed by atoms with van der Waals surface area (Å²) in [5.41, 5.74) is 0.450. The fourth-order valence-electron chi connectivity index (χ4n) is 4.39. The van der Waals surface area contributed by atoms with Crippen LogP contribution in [-0.4, -0.2) is 51.9 Å². The number of hydrogen-bond acceptors (Lipinski definition) is 4. The normalized spacial score (nSPS) is 17.5. The zero-order chi connectivity index (χ0) is 24.9. The highest BCUT2D eigenvalue weighted by atomic mass is 19.1. The summed E-state index contributed by atoms with van der Waals surface area (Å²) in [5, 5.41) is 5.47. The van der Waals surface area contributed by atoms with Gasteiger partial charge in [-0.05, 0) is 36.0 Å². The van der Waals surface area contributed by atoms with E-state index < -0.39 is 23.6 Å². The molecule has 2 unspecified atom stereocenters. The maximum absolute atomic E-state index is 13.4. The summed E-state index contributed by atoms with van der Waals surface area (Å²) in [4.78, 5) is 32.0. The minimum absolute atomic E-state index is 0.210. The number of carbonyl (C=O) groups excluding carboxylic acids is 2. The first-order valence-corrected chi connectivity index (χ1v) is 11.8. The molecule has 1 saturated heterocycles. The first kappa shape index (κ1) is 25.8. The highest BCUT2D eigenvalue weighted by Gasteiger charge is 2.27. The SMILES string of the molecule is CCCC(NC(=O)Cc1cc(F)cc(F)c1)C(=O)Nc1cn(C2CCN(CC(C)(C)C)C2)cn1. The average Bonchev–Trinajstić information content (AvgIpc) is 3.35. The third-order valence-corrected chi connectivity index (χ3v) is 5.74. The predicted molar refractivity (Wildman–Crippen MR) is 127 cm³/mol. The number of likely N-dealkylation sites (tertiary alicyclic amines) is 1. The number of carbonyl (C=O) groups is 2. The second-order valence-electron chi connectivity index (χ2n) is 10.3. The van der Waals surface area contributed by atoms with E-state index in [-0.39, 0.29) is 23.3 Å². The standard InChI is InChI=1S/C25H35F2N5O2/c1-5-6-21(29-23(33)11-17-9-18(26)12-19(27)10-17)24(34)30-22-14-32(16-28-22)20-7-8-31(13-20)15-25(2,3)4/h9-10,12,14,16,20-21H,5-8,11,13,15H2,1-4H3,(H,29,33)(H,30,34). The smallest absolute Gasteiger partial charge is 0.248 e. The van der Waals surface area contributed by atoms with Gasteiger partial charge in [-0.25, -0.2) is 13.8 Å².